The van der Waals surface area contributed by atoms with Crippen LogP contribution in [0.25, 0.3) is 0 Å². The molecular weight excluding hydrogens is 602 g/mol. The molecule has 0 aromatic carbocycles. The van der Waals surface area contributed by atoms with Gasteiger partial charge in [0.1, 0.15) is 0 Å². The Balaban J connectivity index is 1.08. The van der Waals surface area contributed by atoms with Crippen LogP contribution in [0.3, 0.4) is 0 Å². The predicted molar refractivity (Wildman–Crippen MR) is 209 cm³/mol. The monoisotopic (exact) mass is 686 g/mol. The van der Waals surface area contributed by atoms with Crippen LogP contribution in [0.1, 0.15) is 170 Å². The first-order chi connectivity index (χ1) is 23.6. The van der Waals surface area contributed by atoms with Crippen LogP contribution in [0.5, 0.6) is 0 Å². The van der Waals surface area contributed by atoms with Crippen LogP contribution in [0.15, 0.2) is 11.6 Å². The second-order valence-corrected chi connectivity index (χ2v) is 18.6. The highest BCUT2D eigenvalue weighted by molar-refractivity contribution is 5.25. The van der Waals surface area contributed by atoms with Crippen molar-refractivity contribution in [3.63, 3.8) is 0 Å². The lowest BCUT2D eigenvalue weighted by molar-refractivity contribution is -0.0641. The van der Waals surface area contributed by atoms with Crippen molar-refractivity contribution >= 4 is 0 Å². The summed E-state index contributed by atoms with van der Waals surface area (Å²) < 4.78 is 18.5. The number of hydrogen-bond acceptors (Lipinski definition) is 4. The molecule has 0 amide bonds. The number of rotatable bonds is 24. The van der Waals surface area contributed by atoms with Crippen molar-refractivity contribution in [3.05, 3.63) is 11.6 Å². The number of allylic oxidation sites excluding steroid dienone is 1. The minimum Gasteiger partial charge on any atom is -0.380 e. The summed E-state index contributed by atoms with van der Waals surface area (Å²) in [5.41, 5.74) is 2.81. The Morgan fingerprint density at radius 1 is 0.755 bits per heavy atom. The van der Waals surface area contributed by atoms with E-state index in [1.807, 2.05) is 0 Å². The molecule has 0 aromatic rings. The Morgan fingerprint density at radius 2 is 1.43 bits per heavy atom. The molecule has 0 spiro atoms. The number of hydrogen-bond donors (Lipinski definition) is 0. The van der Waals surface area contributed by atoms with E-state index in [0.717, 1.165) is 68.5 Å². The second kappa shape index (κ2) is 20.7. The summed E-state index contributed by atoms with van der Waals surface area (Å²) >= 11 is 0. The molecule has 4 rings (SSSR count). The summed E-state index contributed by atoms with van der Waals surface area (Å²) in [5, 5.41) is 0. The fourth-order valence-electron chi connectivity index (χ4n) is 11.3. The van der Waals surface area contributed by atoms with Crippen LogP contribution in [0.4, 0.5) is 0 Å². The van der Waals surface area contributed by atoms with Gasteiger partial charge < -0.3 is 19.1 Å². The topological polar surface area (TPSA) is 30.9 Å². The molecule has 0 saturated heterocycles. The standard InChI is InChI=1S/C45H83NO3/c1-9-10-15-29-47-33-38(46(7)8)34-48-30-16-13-11-12-14-17-31-49-39-25-27-44(5)37(32-39)21-22-40-42-24-23-41(36(4)20-18-19-35(2)3)45(42,6)28-26-43(40)44/h21,35-36,38-43H,9-20,22-34H2,1-8H3/t36-,38-,39+,40+,41-,42+,43+,44?,45-/m1/s1. The highest BCUT2D eigenvalue weighted by atomic mass is 16.5. The molecule has 0 N–H and O–H groups in total. The van der Waals surface area contributed by atoms with Gasteiger partial charge in [0.2, 0.25) is 0 Å². The summed E-state index contributed by atoms with van der Waals surface area (Å²) in [6.07, 6.45) is 29.9. The average Bonchev–Trinajstić information content (AvgIpc) is 3.43. The third-order valence-electron chi connectivity index (χ3n) is 14.5. The highest BCUT2D eigenvalue weighted by Gasteiger charge is 2.59. The minimum absolute atomic E-state index is 0.354. The molecule has 9 atom stereocenters. The molecule has 4 aliphatic rings. The van der Waals surface area contributed by atoms with E-state index in [2.05, 4.69) is 66.6 Å². The van der Waals surface area contributed by atoms with E-state index in [-0.39, 0.29) is 0 Å². The molecule has 4 nitrogen and oxygen atoms in total. The van der Waals surface area contributed by atoms with Crippen molar-refractivity contribution in [1.82, 2.24) is 4.90 Å². The third kappa shape index (κ3) is 11.5. The maximum Gasteiger partial charge on any atom is 0.0644 e. The van der Waals surface area contributed by atoms with Crippen molar-refractivity contribution < 1.29 is 14.2 Å². The summed E-state index contributed by atoms with van der Waals surface area (Å²) in [4.78, 5) is 2.24. The van der Waals surface area contributed by atoms with E-state index in [9.17, 15) is 0 Å². The number of ether oxygens (including phenoxy) is 3. The molecule has 4 aliphatic carbocycles. The lowest BCUT2D eigenvalue weighted by atomic mass is 9.47. The zero-order chi connectivity index (χ0) is 35.3. The molecule has 0 heterocycles. The molecule has 0 aliphatic heterocycles. The largest absolute Gasteiger partial charge is 0.380 e. The predicted octanol–water partition coefficient (Wildman–Crippen LogP) is 11.9. The van der Waals surface area contributed by atoms with Crippen LogP contribution < -0.4 is 0 Å². The van der Waals surface area contributed by atoms with Gasteiger partial charge in [0.15, 0.2) is 0 Å². The summed E-state index contributed by atoms with van der Waals surface area (Å²) in [5.74, 6) is 5.51. The van der Waals surface area contributed by atoms with E-state index in [1.165, 1.54) is 128 Å². The van der Waals surface area contributed by atoms with E-state index < -0.39 is 0 Å². The summed E-state index contributed by atoms with van der Waals surface area (Å²) in [7, 11) is 4.26. The van der Waals surface area contributed by atoms with Gasteiger partial charge >= 0.3 is 0 Å². The molecule has 0 bridgehead atoms. The first-order valence-electron chi connectivity index (χ1n) is 21.7. The van der Waals surface area contributed by atoms with Gasteiger partial charge in [0.25, 0.3) is 0 Å². The maximum atomic E-state index is 6.56. The smallest absolute Gasteiger partial charge is 0.0644 e. The van der Waals surface area contributed by atoms with E-state index in [1.54, 1.807) is 5.57 Å². The first-order valence-corrected chi connectivity index (χ1v) is 21.7. The lowest BCUT2D eigenvalue weighted by Gasteiger charge is -2.58. The van der Waals surface area contributed by atoms with Gasteiger partial charge in [-0.15, -0.1) is 0 Å². The summed E-state index contributed by atoms with van der Waals surface area (Å²) in [6.45, 7) is 19.3. The molecule has 49 heavy (non-hydrogen) atoms. The van der Waals surface area contributed by atoms with Gasteiger partial charge in [-0.3, -0.25) is 0 Å². The average molecular weight is 686 g/mol. The number of likely N-dealkylation sites (N-methyl/N-ethyl adjacent to an activating group) is 1. The molecule has 0 radical (unpaired) electrons. The van der Waals surface area contributed by atoms with Gasteiger partial charge in [-0.05, 0) is 131 Å². The normalized spacial score (nSPS) is 32.5. The molecule has 3 saturated carbocycles. The number of nitrogens with zero attached hydrogens (tertiary/aromatic N) is 1. The Labute approximate surface area is 305 Å². The van der Waals surface area contributed by atoms with Crippen LogP contribution in [-0.2, 0) is 14.2 Å². The van der Waals surface area contributed by atoms with Gasteiger partial charge in [-0.1, -0.05) is 111 Å². The van der Waals surface area contributed by atoms with Gasteiger partial charge in [-0.25, -0.2) is 0 Å². The SMILES string of the molecule is CCCCCOC[C@H](COCCCCCCCCO[C@H]1CCC2(C)C(=CC[C@@H]3[C@@H]2CC[C@]2(C)[C@@H]([C@H](C)CCCC(C)C)CC[C@@H]32)C1)N(C)C. The van der Waals surface area contributed by atoms with Gasteiger partial charge in [0, 0.05) is 19.8 Å². The van der Waals surface area contributed by atoms with Crippen LogP contribution in [0.2, 0.25) is 0 Å². The molecule has 3 fully saturated rings. The van der Waals surface area contributed by atoms with Gasteiger partial charge in [0.05, 0.1) is 25.4 Å². The summed E-state index contributed by atoms with van der Waals surface area (Å²) in [6, 6.07) is 0.354. The fraction of sp³-hybridized carbons (Fsp3) is 0.956. The maximum absolute atomic E-state index is 6.56. The molecule has 0 aromatic heterocycles. The molecule has 1 unspecified atom stereocenters. The molecule has 4 heteroatoms. The number of unbranched alkanes of at least 4 members (excludes halogenated alkanes) is 7. The first kappa shape index (κ1) is 41.3. The van der Waals surface area contributed by atoms with E-state index in [0.29, 0.717) is 23.0 Å². The van der Waals surface area contributed by atoms with Crippen LogP contribution >= 0.6 is 0 Å². The van der Waals surface area contributed by atoms with Crippen molar-refractivity contribution in [2.45, 2.75) is 182 Å². The van der Waals surface area contributed by atoms with Crippen LogP contribution in [0, 0.1) is 46.3 Å². The van der Waals surface area contributed by atoms with Crippen molar-refractivity contribution in [2.24, 2.45) is 46.3 Å². The molecular formula is C45H83NO3. The van der Waals surface area contributed by atoms with E-state index in [4.69, 9.17) is 14.2 Å². The Morgan fingerprint density at radius 3 is 2.10 bits per heavy atom. The second-order valence-electron chi connectivity index (χ2n) is 18.6. The minimum atomic E-state index is 0.354. The molecule has 286 valence electrons. The lowest BCUT2D eigenvalue weighted by Crippen LogP contribution is -2.51. The van der Waals surface area contributed by atoms with E-state index >= 15 is 0 Å². The van der Waals surface area contributed by atoms with Crippen molar-refractivity contribution in [3.8, 4) is 0 Å². The zero-order valence-electron chi connectivity index (χ0n) is 34.0. The third-order valence-corrected chi connectivity index (χ3v) is 14.5. The van der Waals surface area contributed by atoms with Crippen molar-refractivity contribution in [1.29, 1.82) is 0 Å². The number of fused-ring (bicyclic) bond motifs is 5. The highest BCUT2D eigenvalue weighted by Crippen LogP contribution is 2.67. The Kier molecular flexibility index (Phi) is 17.5. The Bertz CT molecular complexity index is 948. The van der Waals surface area contributed by atoms with Crippen molar-refractivity contribution in [2.75, 3.05) is 47.1 Å². The quantitative estimate of drug-likeness (QED) is 0.0747. The fourth-order valence-corrected chi connectivity index (χ4v) is 11.3. The Hall–Kier alpha value is -0.420. The van der Waals surface area contributed by atoms with Gasteiger partial charge in [-0.2, -0.15) is 0 Å². The van der Waals surface area contributed by atoms with Crippen LogP contribution in [-0.4, -0.2) is 64.2 Å². The zero-order valence-corrected chi connectivity index (χ0v) is 34.0.